The molecule has 9 rings (SSSR count). The minimum absolute atomic E-state index is 0.679. The van der Waals surface area contributed by atoms with Crippen LogP contribution in [0.2, 0.25) is 0 Å². The zero-order chi connectivity index (χ0) is 26.9. The molecule has 0 aliphatic carbocycles. The molecule has 0 saturated heterocycles. The second-order valence-electron chi connectivity index (χ2n) is 10.6. The molecule has 3 nitrogen and oxygen atoms in total. The van der Waals surface area contributed by atoms with E-state index in [2.05, 4.69) is 132 Å². The van der Waals surface area contributed by atoms with E-state index in [1.807, 2.05) is 12.1 Å². The van der Waals surface area contributed by atoms with E-state index in [4.69, 9.17) is 9.97 Å². The summed E-state index contributed by atoms with van der Waals surface area (Å²) in [7, 11) is 0. The summed E-state index contributed by atoms with van der Waals surface area (Å²) in [6.45, 7) is 0. The van der Waals surface area contributed by atoms with E-state index in [9.17, 15) is 0 Å². The van der Waals surface area contributed by atoms with Crippen LogP contribution < -0.4 is 0 Å². The molecule has 3 heteroatoms. The van der Waals surface area contributed by atoms with Gasteiger partial charge in [-0.1, -0.05) is 121 Å². The Hall–Kier alpha value is -5.54. The van der Waals surface area contributed by atoms with E-state index < -0.39 is 0 Å². The largest absolute Gasteiger partial charge is 0.278 e. The van der Waals surface area contributed by atoms with Crippen molar-refractivity contribution in [3.8, 4) is 17.2 Å². The first-order valence-electron chi connectivity index (χ1n) is 13.9. The van der Waals surface area contributed by atoms with Crippen LogP contribution in [0.1, 0.15) is 0 Å². The fourth-order valence-corrected chi connectivity index (χ4v) is 6.57. The Morgan fingerprint density at radius 1 is 0.390 bits per heavy atom. The highest BCUT2D eigenvalue weighted by Gasteiger charge is 2.19. The highest BCUT2D eigenvalue weighted by Crippen LogP contribution is 2.41. The summed E-state index contributed by atoms with van der Waals surface area (Å²) >= 11 is 0. The van der Waals surface area contributed by atoms with Gasteiger partial charge in [0.25, 0.3) is 0 Å². The molecular formula is C38H23N3. The van der Waals surface area contributed by atoms with Crippen LogP contribution in [0.5, 0.6) is 0 Å². The summed E-state index contributed by atoms with van der Waals surface area (Å²) in [4.78, 5) is 10.4. The van der Waals surface area contributed by atoms with Crippen molar-refractivity contribution in [1.82, 2.24) is 14.5 Å². The Morgan fingerprint density at radius 3 is 1.98 bits per heavy atom. The van der Waals surface area contributed by atoms with Crippen molar-refractivity contribution in [1.29, 1.82) is 0 Å². The van der Waals surface area contributed by atoms with Crippen molar-refractivity contribution in [2.45, 2.75) is 0 Å². The number of para-hydroxylation sites is 2. The van der Waals surface area contributed by atoms with E-state index >= 15 is 0 Å². The van der Waals surface area contributed by atoms with Crippen LogP contribution in [-0.2, 0) is 0 Å². The average molecular weight is 522 g/mol. The van der Waals surface area contributed by atoms with Gasteiger partial charge in [-0.25, -0.2) is 9.97 Å². The molecule has 2 heterocycles. The van der Waals surface area contributed by atoms with Crippen LogP contribution in [0.15, 0.2) is 140 Å². The Kier molecular flexibility index (Phi) is 4.61. The monoisotopic (exact) mass is 521 g/mol. The van der Waals surface area contributed by atoms with Crippen molar-refractivity contribution < 1.29 is 0 Å². The average Bonchev–Trinajstić information content (AvgIpc) is 3.39. The zero-order valence-electron chi connectivity index (χ0n) is 22.1. The Labute approximate surface area is 235 Å². The van der Waals surface area contributed by atoms with Gasteiger partial charge in [0.15, 0.2) is 0 Å². The number of fused-ring (bicyclic) bond motifs is 10. The molecule has 0 bridgehead atoms. The van der Waals surface area contributed by atoms with Gasteiger partial charge in [-0.2, -0.15) is 0 Å². The number of benzene rings is 7. The molecule has 0 unspecified atom stereocenters. The lowest BCUT2D eigenvalue weighted by molar-refractivity contribution is 1.01. The van der Waals surface area contributed by atoms with E-state index in [0.29, 0.717) is 5.95 Å². The summed E-state index contributed by atoms with van der Waals surface area (Å²) < 4.78 is 2.24. The molecule has 0 amide bonds. The van der Waals surface area contributed by atoms with Crippen LogP contribution in [0.4, 0.5) is 0 Å². The number of rotatable bonds is 2. The summed E-state index contributed by atoms with van der Waals surface area (Å²) in [6, 6.07) is 49.5. The molecule has 0 aliphatic rings. The van der Waals surface area contributed by atoms with Crippen molar-refractivity contribution >= 4 is 65.0 Å². The van der Waals surface area contributed by atoms with Crippen molar-refractivity contribution in [3.63, 3.8) is 0 Å². The SMILES string of the molecule is c1ccc(-c2nc(-n3c4ccccc4c4c5c(ccc6c7ccccc7ccc65)ccc43)nc3ccccc23)cc1. The molecule has 0 aliphatic heterocycles. The Morgan fingerprint density at radius 2 is 1.07 bits per heavy atom. The van der Waals surface area contributed by atoms with E-state index in [0.717, 1.165) is 33.2 Å². The summed E-state index contributed by atoms with van der Waals surface area (Å²) in [5.41, 5.74) is 5.15. The van der Waals surface area contributed by atoms with Gasteiger partial charge < -0.3 is 0 Å². The molecule has 7 aromatic carbocycles. The first kappa shape index (κ1) is 22.3. The van der Waals surface area contributed by atoms with Gasteiger partial charge in [-0.3, -0.25) is 4.57 Å². The van der Waals surface area contributed by atoms with Gasteiger partial charge in [-0.15, -0.1) is 0 Å². The standard InChI is InChI=1S/C38H23N3/c1-2-11-26(12-3-1)37-30-14-6-8-16-32(30)39-38(40-37)41-33-17-9-7-15-31(33)36-34(41)23-20-25-19-21-28-27-13-5-4-10-24(27)18-22-29(28)35(25)36/h1-23H. The van der Waals surface area contributed by atoms with Crippen LogP contribution in [-0.4, -0.2) is 14.5 Å². The van der Waals surface area contributed by atoms with Gasteiger partial charge >= 0.3 is 0 Å². The van der Waals surface area contributed by atoms with Gasteiger partial charge in [0, 0.05) is 21.7 Å². The maximum atomic E-state index is 5.25. The predicted molar refractivity (Wildman–Crippen MR) is 172 cm³/mol. The maximum Gasteiger partial charge on any atom is 0.235 e. The molecule has 41 heavy (non-hydrogen) atoms. The number of hydrogen-bond donors (Lipinski definition) is 0. The molecule has 0 saturated carbocycles. The molecule has 0 spiro atoms. The highest BCUT2D eigenvalue weighted by molar-refractivity contribution is 6.30. The van der Waals surface area contributed by atoms with Gasteiger partial charge in [0.05, 0.1) is 22.2 Å². The van der Waals surface area contributed by atoms with Gasteiger partial charge in [0.1, 0.15) is 0 Å². The van der Waals surface area contributed by atoms with E-state index in [1.54, 1.807) is 0 Å². The zero-order valence-corrected chi connectivity index (χ0v) is 22.1. The normalized spacial score (nSPS) is 11.9. The number of nitrogens with zero attached hydrogens (tertiary/aromatic N) is 3. The first-order valence-corrected chi connectivity index (χ1v) is 13.9. The molecular weight excluding hydrogens is 498 g/mol. The predicted octanol–water partition coefficient (Wildman–Crippen LogP) is 9.85. The summed E-state index contributed by atoms with van der Waals surface area (Å²) in [5.74, 6) is 0.679. The fourth-order valence-electron chi connectivity index (χ4n) is 6.57. The Balaban J connectivity index is 1.45. The second kappa shape index (κ2) is 8.48. The van der Waals surface area contributed by atoms with Crippen molar-refractivity contribution in [2.24, 2.45) is 0 Å². The quantitative estimate of drug-likeness (QED) is 0.212. The smallest absolute Gasteiger partial charge is 0.235 e. The van der Waals surface area contributed by atoms with Gasteiger partial charge in [0.2, 0.25) is 5.95 Å². The fraction of sp³-hybridized carbons (Fsp3) is 0. The lowest BCUT2D eigenvalue weighted by Crippen LogP contribution is -2.03. The molecule has 190 valence electrons. The van der Waals surface area contributed by atoms with Crippen LogP contribution >= 0.6 is 0 Å². The highest BCUT2D eigenvalue weighted by atomic mass is 15.2. The first-order chi connectivity index (χ1) is 20.3. The molecule has 2 aromatic heterocycles. The van der Waals surface area contributed by atoms with E-state index in [1.165, 1.54) is 43.1 Å². The second-order valence-corrected chi connectivity index (χ2v) is 10.6. The molecule has 0 fully saturated rings. The van der Waals surface area contributed by atoms with Crippen LogP contribution in [0, 0.1) is 0 Å². The minimum Gasteiger partial charge on any atom is -0.278 e. The summed E-state index contributed by atoms with van der Waals surface area (Å²) in [5, 5.41) is 11.0. The lowest BCUT2D eigenvalue weighted by atomic mass is 9.94. The molecule has 0 N–H and O–H groups in total. The van der Waals surface area contributed by atoms with Crippen LogP contribution in [0.3, 0.4) is 0 Å². The third-order valence-electron chi connectivity index (χ3n) is 8.38. The molecule has 9 aromatic rings. The maximum absolute atomic E-state index is 5.25. The lowest BCUT2D eigenvalue weighted by Gasteiger charge is -2.12. The van der Waals surface area contributed by atoms with E-state index in [-0.39, 0.29) is 0 Å². The van der Waals surface area contributed by atoms with Gasteiger partial charge in [-0.05, 0) is 50.5 Å². The van der Waals surface area contributed by atoms with Crippen LogP contribution in [0.25, 0.3) is 82.2 Å². The van der Waals surface area contributed by atoms with Crippen molar-refractivity contribution in [2.75, 3.05) is 0 Å². The molecule has 0 atom stereocenters. The number of hydrogen-bond acceptors (Lipinski definition) is 2. The third-order valence-corrected chi connectivity index (χ3v) is 8.38. The van der Waals surface area contributed by atoms with Crippen molar-refractivity contribution in [3.05, 3.63) is 140 Å². The third kappa shape index (κ3) is 3.20. The summed E-state index contributed by atoms with van der Waals surface area (Å²) in [6.07, 6.45) is 0. The Bertz CT molecular complexity index is 2470. The number of aromatic nitrogens is 3. The topological polar surface area (TPSA) is 30.7 Å². The molecule has 0 radical (unpaired) electrons. The minimum atomic E-state index is 0.679.